The van der Waals surface area contributed by atoms with E-state index < -0.39 is 0 Å². The van der Waals surface area contributed by atoms with Crippen LogP contribution in [0.3, 0.4) is 0 Å². The fraction of sp³-hybridized carbons (Fsp3) is 0.222. The number of rotatable bonds is 7. The molecule has 0 atom stereocenters. The Morgan fingerprint density at radius 2 is 1.75 bits per heavy atom. The average Bonchev–Trinajstić information content (AvgIpc) is 2.63. The smallest absolute Gasteiger partial charge is 0.166 e. The monoisotopic (exact) mass is 343 g/mol. The summed E-state index contributed by atoms with van der Waals surface area (Å²) >= 11 is 6.22. The lowest BCUT2D eigenvalue weighted by Crippen LogP contribution is -2.16. The van der Waals surface area contributed by atoms with Gasteiger partial charge in [0.15, 0.2) is 11.6 Å². The van der Waals surface area contributed by atoms with E-state index in [-0.39, 0.29) is 6.61 Å². The zero-order valence-corrected chi connectivity index (χ0v) is 14.1. The van der Waals surface area contributed by atoms with Crippen molar-refractivity contribution in [2.24, 2.45) is 0 Å². The Balaban J connectivity index is 1.67. The van der Waals surface area contributed by atoms with E-state index >= 15 is 0 Å². The summed E-state index contributed by atoms with van der Waals surface area (Å²) in [6.45, 7) is 1.63. The lowest BCUT2D eigenvalue weighted by Gasteiger charge is -2.10. The molecule has 124 valence electrons. The third kappa shape index (κ3) is 3.93. The molecule has 3 aromatic rings. The molecule has 0 saturated carbocycles. The molecule has 0 saturated heterocycles. The predicted molar refractivity (Wildman–Crippen MR) is 94.7 cm³/mol. The van der Waals surface area contributed by atoms with Gasteiger partial charge in [0.2, 0.25) is 0 Å². The number of nitrogens with zero attached hydrogens (tertiary/aromatic N) is 2. The van der Waals surface area contributed by atoms with Crippen molar-refractivity contribution in [1.82, 2.24) is 15.3 Å². The highest BCUT2D eigenvalue weighted by molar-refractivity contribution is 6.35. The van der Waals surface area contributed by atoms with Crippen LogP contribution in [-0.2, 0) is 6.61 Å². The van der Waals surface area contributed by atoms with Crippen LogP contribution in [0.1, 0.15) is 5.82 Å². The van der Waals surface area contributed by atoms with Crippen LogP contribution < -0.4 is 14.8 Å². The molecular weight excluding hydrogens is 326 g/mol. The minimum Gasteiger partial charge on any atom is -0.489 e. The standard InChI is InChI=1S/C18H18ClN3O2/c1-20-8-9-23-13-10-21-18(22-11-13)12-24-17-7-6-16(19)14-4-2-3-5-15(14)17/h2-7,10-11,20H,8-9,12H2,1H3. The van der Waals surface area contributed by atoms with E-state index in [1.165, 1.54) is 0 Å². The first-order valence-corrected chi connectivity index (χ1v) is 8.04. The van der Waals surface area contributed by atoms with E-state index in [1.54, 1.807) is 12.4 Å². The number of likely N-dealkylation sites (N-methyl/N-ethyl adjacent to an activating group) is 1. The van der Waals surface area contributed by atoms with Gasteiger partial charge in [0.1, 0.15) is 19.0 Å². The lowest BCUT2D eigenvalue weighted by atomic mass is 10.1. The van der Waals surface area contributed by atoms with Crippen molar-refractivity contribution in [3.8, 4) is 11.5 Å². The first-order chi connectivity index (χ1) is 11.8. The van der Waals surface area contributed by atoms with Crippen molar-refractivity contribution in [1.29, 1.82) is 0 Å². The van der Waals surface area contributed by atoms with Gasteiger partial charge in [-0.15, -0.1) is 0 Å². The Kier molecular flexibility index (Phi) is 5.46. The maximum Gasteiger partial charge on any atom is 0.166 e. The average molecular weight is 344 g/mol. The minimum atomic E-state index is 0.280. The molecule has 0 aliphatic heterocycles. The van der Waals surface area contributed by atoms with Crippen molar-refractivity contribution in [2.45, 2.75) is 6.61 Å². The molecule has 0 bridgehead atoms. The van der Waals surface area contributed by atoms with Crippen molar-refractivity contribution in [2.75, 3.05) is 20.2 Å². The van der Waals surface area contributed by atoms with E-state index in [0.29, 0.717) is 23.2 Å². The van der Waals surface area contributed by atoms with Crippen LogP contribution >= 0.6 is 11.6 Å². The summed E-state index contributed by atoms with van der Waals surface area (Å²) in [4.78, 5) is 8.53. The highest BCUT2D eigenvalue weighted by Crippen LogP contribution is 2.31. The molecule has 1 heterocycles. The highest BCUT2D eigenvalue weighted by atomic mass is 35.5. The van der Waals surface area contributed by atoms with Crippen molar-refractivity contribution < 1.29 is 9.47 Å². The van der Waals surface area contributed by atoms with E-state index in [0.717, 1.165) is 23.1 Å². The molecule has 1 aromatic heterocycles. The number of ether oxygens (including phenoxy) is 2. The summed E-state index contributed by atoms with van der Waals surface area (Å²) in [5.74, 6) is 1.99. The minimum absolute atomic E-state index is 0.280. The number of hydrogen-bond acceptors (Lipinski definition) is 5. The van der Waals surface area contributed by atoms with Gasteiger partial charge < -0.3 is 14.8 Å². The zero-order chi connectivity index (χ0) is 16.8. The molecule has 24 heavy (non-hydrogen) atoms. The molecule has 2 aromatic carbocycles. The molecule has 0 aliphatic rings. The Morgan fingerprint density at radius 3 is 2.50 bits per heavy atom. The second-order valence-electron chi connectivity index (χ2n) is 5.17. The highest BCUT2D eigenvalue weighted by Gasteiger charge is 2.06. The molecule has 1 N–H and O–H groups in total. The zero-order valence-electron chi connectivity index (χ0n) is 13.3. The van der Waals surface area contributed by atoms with E-state index in [4.69, 9.17) is 21.1 Å². The Labute approximate surface area is 145 Å². The summed E-state index contributed by atoms with van der Waals surface area (Å²) in [7, 11) is 1.88. The molecule has 0 amide bonds. The van der Waals surface area contributed by atoms with Crippen LogP contribution in [0.15, 0.2) is 48.8 Å². The van der Waals surface area contributed by atoms with E-state index in [1.807, 2.05) is 43.4 Å². The molecule has 6 heteroatoms. The summed E-state index contributed by atoms with van der Waals surface area (Å²) in [5, 5.41) is 5.65. The van der Waals surface area contributed by atoms with Gasteiger partial charge in [0.25, 0.3) is 0 Å². The van der Waals surface area contributed by atoms with Crippen molar-refractivity contribution in [3.63, 3.8) is 0 Å². The van der Waals surface area contributed by atoms with Gasteiger partial charge in [-0.2, -0.15) is 0 Å². The third-order valence-electron chi connectivity index (χ3n) is 3.49. The largest absolute Gasteiger partial charge is 0.489 e. The second-order valence-corrected chi connectivity index (χ2v) is 5.57. The summed E-state index contributed by atoms with van der Waals surface area (Å²) in [5.41, 5.74) is 0. The molecule has 0 spiro atoms. The van der Waals surface area contributed by atoms with Gasteiger partial charge in [0.05, 0.1) is 12.4 Å². The van der Waals surface area contributed by atoms with Crippen LogP contribution in [-0.4, -0.2) is 30.2 Å². The molecule has 0 aliphatic carbocycles. The van der Waals surface area contributed by atoms with Gasteiger partial charge in [-0.1, -0.05) is 35.9 Å². The van der Waals surface area contributed by atoms with Crippen molar-refractivity contribution >= 4 is 22.4 Å². The Hall–Kier alpha value is -2.37. The molecule has 5 nitrogen and oxygen atoms in total. The van der Waals surface area contributed by atoms with Crippen LogP contribution in [0.4, 0.5) is 0 Å². The molecule has 0 radical (unpaired) electrons. The maximum absolute atomic E-state index is 6.22. The van der Waals surface area contributed by atoms with E-state index in [9.17, 15) is 0 Å². The first kappa shape index (κ1) is 16.5. The number of hydrogen-bond donors (Lipinski definition) is 1. The third-order valence-corrected chi connectivity index (χ3v) is 3.82. The normalized spacial score (nSPS) is 10.8. The summed E-state index contributed by atoms with van der Waals surface area (Å²) in [6, 6.07) is 11.6. The Morgan fingerprint density at radius 1 is 1.00 bits per heavy atom. The number of nitrogens with one attached hydrogen (secondary N) is 1. The second kappa shape index (κ2) is 7.95. The quantitative estimate of drug-likeness (QED) is 0.666. The molecule has 3 rings (SSSR count). The van der Waals surface area contributed by atoms with Crippen LogP contribution in [0.2, 0.25) is 5.02 Å². The topological polar surface area (TPSA) is 56.3 Å². The number of halogens is 1. The fourth-order valence-electron chi connectivity index (χ4n) is 2.27. The number of aromatic nitrogens is 2. The SMILES string of the molecule is CNCCOc1cnc(COc2ccc(Cl)c3ccccc23)nc1. The maximum atomic E-state index is 6.22. The van der Waals surface area contributed by atoms with Gasteiger partial charge in [-0.25, -0.2) is 9.97 Å². The first-order valence-electron chi connectivity index (χ1n) is 7.66. The van der Waals surface area contributed by atoms with Gasteiger partial charge in [-0.3, -0.25) is 0 Å². The number of fused-ring (bicyclic) bond motifs is 1. The van der Waals surface area contributed by atoms with Crippen LogP contribution in [0.25, 0.3) is 10.8 Å². The van der Waals surface area contributed by atoms with Gasteiger partial charge >= 0.3 is 0 Å². The summed E-state index contributed by atoms with van der Waals surface area (Å²) in [6.07, 6.45) is 3.31. The molecular formula is C18H18ClN3O2. The van der Waals surface area contributed by atoms with Crippen LogP contribution in [0, 0.1) is 0 Å². The number of benzene rings is 2. The predicted octanol–water partition coefficient (Wildman–Crippen LogP) is 3.46. The molecule has 0 unspecified atom stereocenters. The van der Waals surface area contributed by atoms with E-state index in [2.05, 4.69) is 15.3 Å². The summed E-state index contributed by atoms with van der Waals surface area (Å²) < 4.78 is 11.4. The van der Waals surface area contributed by atoms with Crippen LogP contribution in [0.5, 0.6) is 11.5 Å². The molecule has 0 fully saturated rings. The lowest BCUT2D eigenvalue weighted by molar-refractivity contribution is 0.294. The fourth-order valence-corrected chi connectivity index (χ4v) is 2.49. The van der Waals surface area contributed by atoms with Crippen molar-refractivity contribution in [3.05, 3.63) is 59.6 Å². The Bertz CT molecular complexity index is 809. The van der Waals surface area contributed by atoms with Gasteiger partial charge in [-0.05, 0) is 19.2 Å². The van der Waals surface area contributed by atoms with Gasteiger partial charge in [0, 0.05) is 22.3 Å².